The lowest BCUT2D eigenvalue weighted by atomic mass is 10.1. The highest BCUT2D eigenvalue weighted by molar-refractivity contribution is 5.92. The van der Waals surface area contributed by atoms with Crippen LogP contribution in [0.3, 0.4) is 0 Å². The molecule has 0 bridgehead atoms. The number of nitrogens with one attached hydrogen (secondary N) is 1. The van der Waals surface area contributed by atoms with Crippen molar-refractivity contribution in [3.8, 4) is 11.3 Å². The molecule has 0 aliphatic carbocycles. The molecule has 3 heterocycles. The summed E-state index contributed by atoms with van der Waals surface area (Å²) in [6.07, 6.45) is 2.72. The van der Waals surface area contributed by atoms with Crippen molar-refractivity contribution in [3.63, 3.8) is 0 Å². The van der Waals surface area contributed by atoms with Crippen LogP contribution in [0.15, 0.2) is 48.7 Å². The maximum Gasteiger partial charge on any atom is 0.136 e. The van der Waals surface area contributed by atoms with E-state index in [1.807, 2.05) is 18.3 Å². The maximum absolute atomic E-state index is 5.63. The second-order valence-corrected chi connectivity index (χ2v) is 6.64. The maximum atomic E-state index is 5.63. The third-order valence-electron chi connectivity index (χ3n) is 4.79. The molecule has 1 aliphatic rings. The summed E-state index contributed by atoms with van der Waals surface area (Å²) in [5.41, 5.74) is 9.79. The fourth-order valence-corrected chi connectivity index (χ4v) is 3.35. The van der Waals surface area contributed by atoms with Gasteiger partial charge in [-0.05, 0) is 43.3 Å². The Kier molecular flexibility index (Phi) is 5.46. The molecule has 6 heteroatoms. The Labute approximate surface area is 159 Å². The molecule has 3 N–H and O–H groups in total. The molecule has 3 aromatic rings. The van der Waals surface area contributed by atoms with Crippen molar-refractivity contribution in [1.29, 1.82) is 0 Å². The molecule has 1 fully saturated rings. The number of hydrogen-bond acceptors (Lipinski definition) is 6. The molecule has 1 saturated heterocycles. The summed E-state index contributed by atoms with van der Waals surface area (Å²) < 4.78 is 5.47. The van der Waals surface area contributed by atoms with E-state index in [-0.39, 0.29) is 0 Å². The van der Waals surface area contributed by atoms with E-state index in [0.717, 1.165) is 67.2 Å². The molecule has 0 unspecified atom stereocenters. The van der Waals surface area contributed by atoms with Crippen LogP contribution in [0.2, 0.25) is 0 Å². The van der Waals surface area contributed by atoms with Gasteiger partial charge in [0.2, 0.25) is 0 Å². The van der Waals surface area contributed by atoms with Gasteiger partial charge in [-0.3, -0.25) is 4.98 Å². The van der Waals surface area contributed by atoms with Crippen molar-refractivity contribution >= 4 is 22.4 Å². The van der Waals surface area contributed by atoms with Crippen molar-refractivity contribution in [2.45, 2.75) is 6.42 Å². The zero-order valence-corrected chi connectivity index (χ0v) is 15.4. The van der Waals surface area contributed by atoms with E-state index in [9.17, 15) is 0 Å². The number of morpholine rings is 1. The van der Waals surface area contributed by atoms with Crippen LogP contribution in [0.4, 0.5) is 11.5 Å². The Bertz CT molecular complexity index is 908. The summed E-state index contributed by atoms with van der Waals surface area (Å²) in [5, 5.41) is 4.45. The highest BCUT2D eigenvalue weighted by Gasteiger charge is 2.13. The van der Waals surface area contributed by atoms with E-state index in [1.54, 1.807) is 0 Å². The number of fused-ring (bicyclic) bond motifs is 1. The second kappa shape index (κ2) is 8.33. The molecule has 1 aliphatic heterocycles. The number of anilines is 2. The Balaban J connectivity index is 1.70. The predicted octanol–water partition coefficient (Wildman–Crippen LogP) is 2.89. The van der Waals surface area contributed by atoms with Crippen LogP contribution in [0.1, 0.15) is 6.42 Å². The monoisotopic (exact) mass is 363 g/mol. The molecule has 27 heavy (non-hydrogen) atoms. The van der Waals surface area contributed by atoms with Gasteiger partial charge in [-0.1, -0.05) is 12.1 Å². The van der Waals surface area contributed by atoms with Crippen LogP contribution < -0.4 is 16.0 Å². The summed E-state index contributed by atoms with van der Waals surface area (Å²) in [5.74, 6) is 0.862. The first-order valence-corrected chi connectivity index (χ1v) is 9.48. The van der Waals surface area contributed by atoms with E-state index in [0.29, 0.717) is 6.54 Å². The molecule has 0 spiro atoms. The van der Waals surface area contributed by atoms with Crippen LogP contribution in [0.25, 0.3) is 22.2 Å². The number of nitrogens with two attached hydrogens (primary N) is 1. The number of nitrogens with zero attached hydrogens (tertiary/aromatic N) is 3. The first-order valence-electron chi connectivity index (χ1n) is 9.48. The van der Waals surface area contributed by atoms with Crippen molar-refractivity contribution in [3.05, 3.63) is 48.7 Å². The standard InChI is InChI=1S/C21H25N5O/c22-7-3-9-24-21-18-6-2-8-23-20(18)15-19(25-21)16-4-1-5-17(14-16)26-10-12-27-13-11-26/h1-2,4-6,8,14-15H,3,7,9-13,22H2,(H,24,25). The van der Waals surface area contributed by atoms with E-state index >= 15 is 0 Å². The lowest BCUT2D eigenvalue weighted by Crippen LogP contribution is -2.36. The van der Waals surface area contributed by atoms with E-state index in [2.05, 4.69) is 45.5 Å². The summed E-state index contributed by atoms with van der Waals surface area (Å²) in [7, 11) is 0. The van der Waals surface area contributed by atoms with Crippen LogP contribution in [0, 0.1) is 0 Å². The normalized spacial score (nSPS) is 14.5. The van der Waals surface area contributed by atoms with Gasteiger partial charge >= 0.3 is 0 Å². The van der Waals surface area contributed by atoms with Crippen LogP contribution >= 0.6 is 0 Å². The average Bonchev–Trinajstić information content (AvgIpc) is 2.74. The number of benzene rings is 1. The lowest BCUT2D eigenvalue weighted by molar-refractivity contribution is 0.122. The molecule has 6 nitrogen and oxygen atoms in total. The number of hydrogen-bond donors (Lipinski definition) is 2. The van der Waals surface area contributed by atoms with Gasteiger partial charge in [0.15, 0.2) is 0 Å². The third-order valence-corrected chi connectivity index (χ3v) is 4.79. The van der Waals surface area contributed by atoms with Crippen LogP contribution in [0.5, 0.6) is 0 Å². The fourth-order valence-electron chi connectivity index (χ4n) is 3.35. The van der Waals surface area contributed by atoms with E-state index in [4.69, 9.17) is 15.5 Å². The highest BCUT2D eigenvalue weighted by atomic mass is 16.5. The topological polar surface area (TPSA) is 76.3 Å². The number of ether oxygens (including phenoxy) is 1. The number of pyridine rings is 2. The fraction of sp³-hybridized carbons (Fsp3) is 0.333. The molecule has 0 radical (unpaired) electrons. The second-order valence-electron chi connectivity index (χ2n) is 6.64. The van der Waals surface area contributed by atoms with Gasteiger partial charge in [0, 0.05) is 42.5 Å². The first-order chi connectivity index (χ1) is 13.3. The molecular formula is C21H25N5O. The van der Waals surface area contributed by atoms with Gasteiger partial charge in [0.05, 0.1) is 24.4 Å². The molecule has 140 valence electrons. The number of aromatic nitrogens is 2. The van der Waals surface area contributed by atoms with E-state index < -0.39 is 0 Å². The Morgan fingerprint density at radius 3 is 2.85 bits per heavy atom. The van der Waals surface area contributed by atoms with Crippen molar-refractivity contribution in [1.82, 2.24) is 9.97 Å². The molecule has 2 aromatic heterocycles. The molecule has 1 aromatic carbocycles. The summed E-state index contributed by atoms with van der Waals surface area (Å²) in [6.45, 7) is 4.84. The molecule has 0 amide bonds. The Morgan fingerprint density at radius 2 is 2.00 bits per heavy atom. The molecule has 0 saturated carbocycles. The zero-order valence-electron chi connectivity index (χ0n) is 15.4. The quantitative estimate of drug-likeness (QED) is 0.656. The highest BCUT2D eigenvalue weighted by Crippen LogP contribution is 2.29. The van der Waals surface area contributed by atoms with Crippen molar-refractivity contribution in [2.24, 2.45) is 5.73 Å². The summed E-state index contributed by atoms with van der Waals surface area (Å²) in [6, 6.07) is 14.6. The lowest BCUT2D eigenvalue weighted by Gasteiger charge is -2.29. The summed E-state index contributed by atoms with van der Waals surface area (Å²) >= 11 is 0. The third kappa shape index (κ3) is 4.02. The average molecular weight is 363 g/mol. The molecule has 0 atom stereocenters. The van der Waals surface area contributed by atoms with Gasteiger partial charge in [-0.25, -0.2) is 4.98 Å². The zero-order chi connectivity index (χ0) is 18.5. The largest absolute Gasteiger partial charge is 0.378 e. The SMILES string of the molecule is NCCCNc1nc(-c2cccc(N3CCOCC3)c2)cc2ncccc12. The van der Waals surface area contributed by atoms with Crippen molar-refractivity contribution < 1.29 is 4.74 Å². The van der Waals surface area contributed by atoms with Gasteiger partial charge < -0.3 is 20.7 Å². The summed E-state index contributed by atoms with van der Waals surface area (Å²) in [4.78, 5) is 11.8. The predicted molar refractivity (Wildman–Crippen MR) is 110 cm³/mol. The van der Waals surface area contributed by atoms with Gasteiger partial charge in [-0.15, -0.1) is 0 Å². The molecule has 4 rings (SSSR count). The van der Waals surface area contributed by atoms with Crippen LogP contribution in [-0.4, -0.2) is 49.4 Å². The van der Waals surface area contributed by atoms with E-state index in [1.165, 1.54) is 5.69 Å². The van der Waals surface area contributed by atoms with Gasteiger partial charge in [-0.2, -0.15) is 0 Å². The van der Waals surface area contributed by atoms with Crippen LogP contribution in [-0.2, 0) is 4.74 Å². The van der Waals surface area contributed by atoms with Crippen molar-refractivity contribution in [2.75, 3.05) is 49.6 Å². The minimum Gasteiger partial charge on any atom is -0.378 e. The first kappa shape index (κ1) is 17.7. The van der Waals surface area contributed by atoms with Gasteiger partial charge in [0.25, 0.3) is 0 Å². The Morgan fingerprint density at radius 1 is 1.11 bits per heavy atom. The minimum absolute atomic E-state index is 0.657. The molecular weight excluding hydrogens is 338 g/mol. The number of rotatable bonds is 6. The van der Waals surface area contributed by atoms with Gasteiger partial charge in [0.1, 0.15) is 5.82 Å². The smallest absolute Gasteiger partial charge is 0.136 e. The Hall–Kier alpha value is -2.70. The minimum atomic E-state index is 0.657.